The summed E-state index contributed by atoms with van der Waals surface area (Å²) in [6.45, 7) is 10.5. The van der Waals surface area contributed by atoms with Gasteiger partial charge in [0.05, 0.1) is 11.4 Å². The van der Waals surface area contributed by atoms with Crippen molar-refractivity contribution in [3.05, 3.63) is 70.2 Å². The number of carbonyl (C=O) groups is 1. The lowest BCUT2D eigenvalue weighted by atomic mass is 10.1. The number of thioether (sulfide) groups is 1. The summed E-state index contributed by atoms with van der Waals surface area (Å²) in [7, 11) is 0. The standard InChI is InChI=1S/C22H23BrN4OS/c1-5-10-27-21(17-8-6-14(2)7-9-17)25-26-22(27)29-13-20(28)24-19-12-16(4)15(3)11-18(19)23/h5-9,11-12H,1,10,13H2,2-4H3,(H,24,28). The van der Waals surface area contributed by atoms with Crippen LogP contribution in [-0.2, 0) is 11.3 Å². The Labute approximate surface area is 183 Å². The molecule has 29 heavy (non-hydrogen) atoms. The van der Waals surface area contributed by atoms with Crippen molar-refractivity contribution in [3.8, 4) is 11.4 Å². The third-order valence-corrected chi connectivity index (χ3v) is 6.15. The van der Waals surface area contributed by atoms with Gasteiger partial charge in [-0.1, -0.05) is 47.7 Å². The highest BCUT2D eigenvalue weighted by molar-refractivity contribution is 9.10. The number of nitrogens with one attached hydrogen (secondary N) is 1. The summed E-state index contributed by atoms with van der Waals surface area (Å²) < 4.78 is 2.84. The first-order valence-corrected chi connectivity index (χ1v) is 11.0. The fourth-order valence-corrected chi connectivity index (χ4v) is 4.10. The zero-order chi connectivity index (χ0) is 21.0. The van der Waals surface area contributed by atoms with Gasteiger partial charge in [0, 0.05) is 16.6 Å². The van der Waals surface area contributed by atoms with Crippen LogP contribution in [0.2, 0.25) is 0 Å². The molecule has 0 saturated heterocycles. The molecule has 1 amide bonds. The zero-order valence-electron chi connectivity index (χ0n) is 16.7. The Bertz CT molecular complexity index is 1040. The molecule has 3 aromatic rings. The van der Waals surface area contributed by atoms with E-state index < -0.39 is 0 Å². The second-order valence-electron chi connectivity index (χ2n) is 6.82. The molecule has 150 valence electrons. The molecule has 0 aliphatic rings. The highest BCUT2D eigenvalue weighted by Gasteiger charge is 2.15. The summed E-state index contributed by atoms with van der Waals surface area (Å²) in [5.41, 5.74) is 5.24. The maximum Gasteiger partial charge on any atom is 0.234 e. The summed E-state index contributed by atoms with van der Waals surface area (Å²) in [5, 5.41) is 12.3. The Balaban J connectivity index is 1.73. The molecule has 0 aliphatic carbocycles. The fourth-order valence-electron chi connectivity index (χ4n) is 2.80. The van der Waals surface area contributed by atoms with Crippen molar-refractivity contribution >= 4 is 39.3 Å². The number of aryl methyl sites for hydroxylation is 3. The molecule has 0 atom stereocenters. The fraction of sp³-hybridized carbons (Fsp3) is 0.227. The lowest BCUT2D eigenvalue weighted by Crippen LogP contribution is -2.15. The number of carbonyl (C=O) groups excluding carboxylic acids is 1. The first-order valence-electron chi connectivity index (χ1n) is 9.19. The van der Waals surface area contributed by atoms with Crippen LogP contribution in [0.3, 0.4) is 0 Å². The third kappa shape index (κ3) is 5.16. The molecular weight excluding hydrogens is 448 g/mol. The van der Waals surface area contributed by atoms with Gasteiger partial charge in [-0.05, 0) is 60.0 Å². The smallest absolute Gasteiger partial charge is 0.234 e. The molecule has 0 bridgehead atoms. The van der Waals surface area contributed by atoms with Crippen LogP contribution in [0.15, 0.2) is 58.7 Å². The minimum atomic E-state index is -0.0935. The van der Waals surface area contributed by atoms with E-state index in [0.717, 1.165) is 27.1 Å². The summed E-state index contributed by atoms with van der Waals surface area (Å²) in [4.78, 5) is 12.5. The molecule has 0 spiro atoms. The number of rotatable bonds is 7. The van der Waals surface area contributed by atoms with E-state index in [2.05, 4.69) is 38.0 Å². The molecule has 5 nitrogen and oxygen atoms in total. The van der Waals surface area contributed by atoms with Gasteiger partial charge in [-0.3, -0.25) is 9.36 Å². The highest BCUT2D eigenvalue weighted by Crippen LogP contribution is 2.27. The van der Waals surface area contributed by atoms with E-state index in [1.54, 1.807) is 6.08 Å². The Hall–Kier alpha value is -2.38. The number of nitrogens with zero attached hydrogens (tertiary/aromatic N) is 3. The van der Waals surface area contributed by atoms with Gasteiger partial charge in [0.25, 0.3) is 0 Å². The maximum absolute atomic E-state index is 12.5. The number of anilines is 1. The topological polar surface area (TPSA) is 59.8 Å². The van der Waals surface area contributed by atoms with Crippen molar-refractivity contribution in [2.75, 3.05) is 11.1 Å². The first kappa shape index (κ1) is 21.3. The van der Waals surface area contributed by atoms with Crippen molar-refractivity contribution in [2.24, 2.45) is 0 Å². The number of hydrogen-bond acceptors (Lipinski definition) is 4. The summed E-state index contributed by atoms with van der Waals surface area (Å²) in [6.07, 6.45) is 1.80. The molecule has 0 fully saturated rings. The molecule has 1 heterocycles. The van der Waals surface area contributed by atoms with Gasteiger partial charge in [-0.25, -0.2) is 0 Å². The van der Waals surface area contributed by atoms with Crippen LogP contribution in [0.1, 0.15) is 16.7 Å². The van der Waals surface area contributed by atoms with Crippen LogP contribution in [0.5, 0.6) is 0 Å². The second kappa shape index (κ2) is 9.41. The molecule has 2 aromatic carbocycles. The Kier molecular flexibility index (Phi) is 6.92. The number of benzene rings is 2. The second-order valence-corrected chi connectivity index (χ2v) is 8.62. The van der Waals surface area contributed by atoms with E-state index in [0.29, 0.717) is 11.7 Å². The molecule has 3 rings (SSSR count). The van der Waals surface area contributed by atoms with Gasteiger partial charge >= 0.3 is 0 Å². The van der Waals surface area contributed by atoms with Gasteiger partial charge in [-0.2, -0.15) is 0 Å². The van der Waals surface area contributed by atoms with Gasteiger partial charge in [0.1, 0.15) is 0 Å². The van der Waals surface area contributed by atoms with E-state index in [4.69, 9.17) is 0 Å². The average Bonchev–Trinajstić information content (AvgIpc) is 3.08. The van der Waals surface area contributed by atoms with Crippen LogP contribution >= 0.6 is 27.7 Å². The Morgan fingerprint density at radius 2 is 1.86 bits per heavy atom. The molecule has 0 unspecified atom stereocenters. The molecule has 1 aromatic heterocycles. The number of amides is 1. The third-order valence-electron chi connectivity index (χ3n) is 4.53. The van der Waals surface area contributed by atoms with E-state index in [1.807, 2.05) is 61.7 Å². The average molecular weight is 471 g/mol. The van der Waals surface area contributed by atoms with E-state index >= 15 is 0 Å². The van der Waals surface area contributed by atoms with Crippen LogP contribution in [0.25, 0.3) is 11.4 Å². The van der Waals surface area contributed by atoms with Crippen LogP contribution in [0, 0.1) is 20.8 Å². The predicted molar refractivity (Wildman–Crippen MR) is 123 cm³/mol. The Morgan fingerprint density at radius 3 is 2.55 bits per heavy atom. The van der Waals surface area contributed by atoms with Crippen molar-refractivity contribution in [3.63, 3.8) is 0 Å². The number of allylic oxidation sites excluding steroid dienone is 1. The summed E-state index contributed by atoms with van der Waals surface area (Å²) in [5.74, 6) is 0.913. The van der Waals surface area contributed by atoms with Crippen LogP contribution in [0.4, 0.5) is 5.69 Å². The largest absolute Gasteiger partial charge is 0.324 e. The van der Waals surface area contributed by atoms with Gasteiger partial charge < -0.3 is 5.32 Å². The van der Waals surface area contributed by atoms with E-state index in [9.17, 15) is 4.79 Å². The normalized spacial score (nSPS) is 10.8. The molecule has 0 saturated carbocycles. The number of halogens is 1. The minimum absolute atomic E-state index is 0.0935. The lowest BCUT2D eigenvalue weighted by Gasteiger charge is -2.11. The van der Waals surface area contributed by atoms with Crippen LogP contribution in [-0.4, -0.2) is 26.4 Å². The predicted octanol–water partition coefficient (Wildman–Crippen LogP) is 5.55. The van der Waals surface area contributed by atoms with Crippen molar-refractivity contribution in [2.45, 2.75) is 32.5 Å². The lowest BCUT2D eigenvalue weighted by molar-refractivity contribution is -0.113. The zero-order valence-corrected chi connectivity index (χ0v) is 19.1. The molecular formula is C22H23BrN4OS. The van der Waals surface area contributed by atoms with Gasteiger partial charge in [-0.15, -0.1) is 16.8 Å². The summed E-state index contributed by atoms with van der Waals surface area (Å²) in [6, 6.07) is 12.1. The molecule has 0 radical (unpaired) electrons. The highest BCUT2D eigenvalue weighted by atomic mass is 79.9. The van der Waals surface area contributed by atoms with Crippen LogP contribution < -0.4 is 5.32 Å². The van der Waals surface area contributed by atoms with E-state index in [1.165, 1.54) is 22.9 Å². The van der Waals surface area contributed by atoms with Crippen molar-refractivity contribution in [1.82, 2.24) is 14.8 Å². The molecule has 7 heteroatoms. The SMILES string of the molecule is C=CCn1c(SCC(=O)Nc2cc(C)c(C)cc2Br)nnc1-c1ccc(C)cc1. The quantitative estimate of drug-likeness (QED) is 0.363. The van der Waals surface area contributed by atoms with E-state index in [-0.39, 0.29) is 11.7 Å². The minimum Gasteiger partial charge on any atom is -0.324 e. The maximum atomic E-state index is 12.5. The summed E-state index contributed by atoms with van der Waals surface area (Å²) >= 11 is 4.87. The number of hydrogen-bond donors (Lipinski definition) is 1. The first-order chi connectivity index (χ1) is 13.9. The molecule has 0 aliphatic heterocycles. The monoisotopic (exact) mass is 470 g/mol. The van der Waals surface area contributed by atoms with Gasteiger partial charge in [0.2, 0.25) is 5.91 Å². The molecule has 1 N–H and O–H groups in total. The van der Waals surface area contributed by atoms with Gasteiger partial charge in [0.15, 0.2) is 11.0 Å². The Morgan fingerprint density at radius 1 is 1.17 bits per heavy atom. The van der Waals surface area contributed by atoms with Crippen molar-refractivity contribution in [1.29, 1.82) is 0 Å². The number of aromatic nitrogens is 3. The van der Waals surface area contributed by atoms with Crippen molar-refractivity contribution < 1.29 is 4.79 Å².